The van der Waals surface area contributed by atoms with Crippen molar-refractivity contribution in [2.45, 2.75) is 24.5 Å². The predicted octanol–water partition coefficient (Wildman–Crippen LogP) is -1.43. The summed E-state index contributed by atoms with van der Waals surface area (Å²) in [6.07, 6.45) is -0.236. The average Bonchev–Trinajstić information content (AvgIpc) is 2.70. The van der Waals surface area contributed by atoms with E-state index in [1.807, 2.05) is 0 Å². The number of aromatic hydroxyl groups is 1. The summed E-state index contributed by atoms with van der Waals surface area (Å²) in [7, 11) is 2.96. The summed E-state index contributed by atoms with van der Waals surface area (Å²) < 4.78 is 0. The number of primary amides is 1. The number of aliphatic hydroxyl groups is 1. The number of amides is 1. The number of carbonyl (C=O) groups excluding carboxylic acids is 5. The lowest BCUT2D eigenvalue weighted by Crippen LogP contribution is -2.74. The summed E-state index contributed by atoms with van der Waals surface area (Å²) in [5.41, 5.74) is 1.93. The standard InChI is InChI=1S/C22H22N2O9/c1-24(2)15-10-6-7-5-9-8(21(31)32)3-4-11(25)13(9)16(26)12(7)18(28)22(10,33)19(29)14(17(15)27)20(23)30/h3-4,7,10,12,14-15,25,33H,5-6H2,1-2H3,(H2,23,30)(H,31,32)/t7-,10-,12?,14?,15?,22-/m1/s1. The van der Waals surface area contributed by atoms with Gasteiger partial charge in [0.2, 0.25) is 5.91 Å². The number of hydrogen-bond donors (Lipinski definition) is 4. The predicted molar refractivity (Wildman–Crippen MR) is 108 cm³/mol. The van der Waals surface area contributed by atoms with E-state index in [1.54, 1.807) is 0 Å². The van der Waals surface area contributed by atoms with Crippen LogP contribution < -0.4 is 5.73 Å². The van der Waals surface area contributed by atoms with Crippen LogP contribution in [0, 0.1) is 23.7 Å². The van der Waals surface area contributed by atoms with Crippen LogP contribution in [0.25, 0.3) is 0 Å². The van der Waals surface area contributed by atoms with Crippen LogP contribution in [0.15, 0.2) is 12.1 Å². The first-order chi connectivity index (χ1) is 15.3. The molecule has 0 heterocycles. The molecule has 5 N–H and O–H groups in total. The quantitative estimate of drug-likeness (QED) is 0.390. The molecule has 174 valence electrons. The molecule has 1 aromatic rings. The van der Waals surface area contributed by atoms with Crippen molar-refractivity contribution >= 4 is 35.0 Å². The minimum Gasteiger partial charge on any atom is -0.507 e. The molecule has 4 rings (SSSR count). The van der Waals surface area contributed by atoms with Crippen molar-refractivity contribution in [1.82, 2.24) is 4.90 Å². The van der Waals surface area contributed by atoms with Gasteiger partial charge in [-0.05, 0) is 50.6 Å². The number of benzene rings is 1. The van der Waals surface area contributed by atoms with E-state index < -0.39 is 76.1 Å². The van der Waals surface area contributed by atoms with Crippen LogP contribution in [-0.4, -0.2) is 81.0 Å². The fraction of sp³-hybridized carbons (Fsp3) is 0.455. The maximum absolute atomic E-state index is 13.5. The van der Waals surface area contributed by atoms with Crippen molar-refractivity contribution in [1.29, 1.82) is 0 Å². The zero-order valence-electron chi connectivity index (χ0n) is 17.8. The molecule has 3 aliphatic rings. The summed E-state index contributed by atoms with van der Waals surface area (Å²) >= 11 is 0. The van der Waals surface area contributed by atoms with E-state index in [0.29, 0.717) is 0 Å². The summed E-state index contributed by atoms with van der Waals surface area (Å²) in [4.78, 5) is 77.9. The molecule has 1 aromatic carbocycles. The van der Waals surface area contributed by atoms with Gasteiger partial charge in [-0.3, -0.25) is 28.9 Å². The van der Waals surface area contributed by atoms with Gasteiger partial charge in [-0.2, -0.15) is 0 Å². The summed E-state index contributed by atoms with van der Waals surface area (Å²) in [6, 6.07) is 0.967. The molecule has 33 heavy (non-hydrogen) atoms. The van der Waals surface area contributed by atoms with Crippen LogP contribution >= 0.6 is 0 Å². The van der Waals surface area contributed by atoms with Crippen LogP contribution in [0.1, 0.15) is 32.7 Å². The first-order valence-electron chi connectivity index (χ1n) is 10.3. The molecule has 0 aromatic heterocycles. The molecule has 2 saturated carbocycles. The molecular formula is C22H22N2O9. The number of carboxylic acid groups (broad SMARTS) is 1. The van der Waals surface area contributed by atoms with Crippen molar-refractivity contribution < 1.29 is 44.1 Å². The number of phenols is 1. The zero-order chi connectivity index (χ0) is 24.6. The minimum absolute atomic E-state index is 0.0527. The molecule has 0 spiro atoms. The second kappa shape index (κ2) is 7.29. The van der Waals surface area contributed by atoms with Crippen LogP contribution in [0.2, 0.25) is 0 Å². The Labute approximate surface area is 187 Å². The summed E-state index contributed by atoms with van der Waals surface area (Å²) in [5, 5.41) is 31.2. The third-order valence-corrected chi connectivity index (χ3v) is 7.18. The third kappa shape index (κ3) is 2.89. The molecular weight excluding hydrogens is 436 g/mol. The Balaban J connectivity index is 1.90. The van der Waals surface area contributed by atoms with Gasteiger partial charge in [0.15, 0.2) is 34.7 Å². The highest BCUT2D eigenvalue weighted by atomic mass is 16.4. The van der Waals surface area contributed by atoms with Crippen molar-refractivity contribution in [3.63, 3.8) is 0 Å². The Morgan fingerprint density at radius 1 is 1.12 bits per heavy atom. The van der Waals surface area contributed by atoms with E-state index in [9.17, 15) is 44.1 Å². The zero-order valence-corrected chi connectivity index (χ0v) is 17.8. The second-order valence-corrected chi connectivity index (χ2v) is 9.08. The van der Waals surface area contributed by atoms with E-state index in [4.69, 9.17) is 5.73 Å². The Morgan fingerprint density at radius 2 is 1.76 bits per heavy atom. The van der Waals surface area contributed by atoms with Gasteiger partial charge in [0.05, 0.1) is 23.1 Å². The highest BCUT2D eigenvalue weighted by Gasteiger charge is 2.69. The smallest absolute Gasteiger partial charge is 0.335 e. The lowest BCUT2D eigenvalue weighted by atomic mass is 9.52. The van der Waals surface area contributed by atoms with Gasteiger partial charge in [0, 0.05) is 5.92 Å². The Hall–Kier alpha value is -3.44. The van der Waals surface area contributed by atoms with E-state index >= 15 is 0 Å². The Bertz CT molecular complexity index is 1160. The summed E-state index contributed by atoms with van der Waals surface area (Å²) in [6.45, 7) is 0. The molecule has 1 amide bonds. The molecule has 2 fully saturated rings. The molecule has 0 bridgehead atoms. The number of carboxylic acids is 1. The molecule has 0 aliphatic heterocycles. The van der Waals surface area contributed by atoms with Crippen LogP contribution in [0.5, 0.6) is 5.75 Å². The fourth-order valence-electron chi connectivity index (χ4n) is 5.81. The number of fused-ring (bicyclic) bond motifs is 3. The normalized spacial score (nSPS) is 33.4. The number of phenolic OH excluding ortho intramolecular Hbond substituents is 1. The number of carbonyl (C=O) groups is 6. The number of rotatable bonds is 3. The van der Waals surface area contributed by atoms with Gasteiger partial charge in [-0.1, -0.05) is 0 Å². The van der Waals surface area contributed by atoms with Gasteiger partial charge in [0.1, 0.15) is 5.75 Å². The van der Waals surface area contributed by atoms with Crippen LogP contribution in [0.4, 0.5) is 0 Å². The maximum Gasteiger partial charge on any atom is 0.335 e. The minimum atomic E-state index is -2.81. The van der Waals surface area contributed by atoms with Gasteiger partial charge in [0.25, 0.3) is 0 Å². The highest BCUT2D eigenvalue weighted by molar-refractivity contribution is 6.32. The van der Waals surface area contributed by atoms with Gasteiger partial charge in [-0.25, -0.2) is 4.79 Å². The van der Waals surface area contributed by atoms with Crippen LogP contribution in [0.3, 0.4) is 0 Å². The van der Waals surface area contributed by atoms with E-state index in [2.05, 4.69) is 0 Å². The summed E-state index contributed by atoms with van der Waals surface area (Å²) in [5.74, 6) is -13.1. The number of hydrogen-bond acceptors (Lipinski definition) is 9. The molecule has 3 unspecified atom stereocenters. The highest BCUT2D eigenvalue weighted by Crippen LogP contribution is 2.50. The van der Waals surface area contributed by atoms with Crippen molar-refractivity contribution in [3.05, 3.63) is 28.8 Å². The largest absolute Gasteiger partial charge is 0.507 e. The van der Waals surface area contributed by atoms with Crippen molar-refractivity contribution in [3.8, 4) is 5.75 Å². The second-order valence-electron chi connectivity index (χ2n) is 9.08. The Kier molecular flexibility index (Phi) is 5.02. The lowest BCUT2D eigenvalue weighted by molar-refractivity contribution is -0.181. The van der Waals surface area contributed by atoms with Gasteiger partial charge in [-0.15, -0.1) is 0 Å². The fourth-order valence-corrected chi connectivity index (χ4v) is 5.81. The molecule has 6 atom stereocenters. The third-order valence-electron chi connectivity index (χ3n) is 7.18. The number of ketones is 4. The van der Waals surface area contributed by atoms with E-state index in [1.165, 1.54) is 19.0 Å². The molecule has 0 radical (unpaired) electrons. The lowest BCUT2D eigenvalue weighted by Gasteiger charge is -2.52. The van der Waals surface area contributed by atoms with Gasteiger partial charge >= 0.3 is 5.97 Å². The number of nitrogens with two attached hydrogens (primary N) is 1. The number of aromatic carboxylic acids is 1. The maximum atomic E-state index is 13.5. The SMILES string of the molecule is CN(C)C1C(=O)C(C(N)=O)C(=O)[C@]2(O)C(=O)C3C(=O)c4c(O)ccc(C(=O)O)c4C[C@@H]3C[C@H]12. The van der Waals surface area contributed by atoms with Crippen LogP contribution in [-0.2, 0) is 25.6 Å². The first kappa shape index (κ1) is 22.7. The van der Waals surface area contributed by atoms with E-state index in [-0.39, 0.29) is 29.5 Å². The van der Waals surface area contributed by atoms with Crippen molar-refractivity contribution in [2.75, 3.05) is 14.1 Å². The molecule has 3 aliphatic carbocycles. The molecule has 0 saturated heterocycles. The monoisotopic (exact) mass is 458 g/mol. The topological polar surface area (TPSA) is 192 Å². The molecule has 11 nitrogen and oxygen atoms in total. The first-order valence-corrected chi connectivity index (χ1v) is 10.3. The Morgan fingerprint density at radius 3 is 2.30 bits per heavy atom. The van der Waals surface area contributed by atoms with Crippen molar-refractivity contribution in [2.24, 2.45) is 29.4 Å². The number of Topliss-reactive ketones (excluding diaryl/α,β-unsaturated/α-hetero) is 4. The van der Waals surface area contributed by atoms with Gasteiger partial charge < -0.3 is 21.1 Å². The number of likely N-dealkylation sites (N-methyl/N-ethyl adjacent to an activating group) is 1. The number of nitrogens with zero attached hydrogens (tertiary/aromatic N) is 1. The molecule has 11 heteroatoms. The average molecular weight is 458 g/mol. The van der Waals surface area contributed by atoms with E-state index in [0.717, 1.165) is 12.1 Å².